The molecule has 0 aliphatic carbocycles. The van der Waals surface area contributed by atoms with Gasteiger partial charge in [0.15, 0.2) is 0 Å². The zero-order chi connectivity index (χ0) is 15.6. The van der Waals surface area contributed by atoms with Crippen molar-refractivity contribution >= 4 is 5.97 Å². The number of carboxylic acids is 1. The molecule has 4 nitrogen and oxygen atoms in total. The van der Waals surface area contributed by atoms with Gasteiger partial charge in [0.25, 0.3) is 0 Å². The lowest BCUT2D eigenvalue weighted by molar-refractivity contribution is -0.145. The van der Waals surface area contributed by atoms with E-state index in [4.69, 9.17) is 0 Å². The molecule has 0 radical (unpaired) electrons. The zero-order valence-corrected chi connectivity index (χ0v) is 14.0. The third kappa shape index (κ3) is 5.80. The molecule has 0 bridgehead atoms. The molecule has 0 aromatic rings. The number of aliphatic carboxylic acids is 1. The summed E-state index contributed by atoms with van der Waals surface area (Å²) >= 11 is 0. The second kappa shape index (κ2) is 10.2. The highest BCUT2D eigenvalue weighted by atomic mass is 16.4. The molecule has 0 aromatic carbocycles. The van der Waals surface area contributed by atoms with E-state index in [2.05, 4.69) is 37.9 Å². The van der Waals surface area contributed by atoms with Crippen molar-refractivity contribution in [2.45, 2.75) is 78.3 Å². The summed E-state index contributed by atoms with van der Waals surface area (Å²) in [7, 11) is 0. The number of nitrogens with one attached hydrogen (secondary N) is 1. The van der Waals surface area contributed by atoms with Crippen LogP contribution in [0.15, 0.2) is 0 Å². The second-order valence-corrected chi connectivity index (χ2v) is 5.66. The molecule has 2 atom stereocenters. The van der Waals surface area contributed by atoms with Crippen molar-refractivity contribution in [3.05, 3.63) is 0 Å². The molecule has 0 aliphatic rings. The first-order valence-electron chi connectivity index (χ1n) is 8.19. The molecule has 0 aromatic heterocycles. The third-order valence-electron chi connectivity index (χ3n) is 4.40. The lowest BCUT2D eigenvalue weighted by atomic mass is 9.90. The van der Waals surface area contributed by atoms with Crippen molar-refractivity contribution in [2.75, 3.05) is 19.6 Å². The summed E-state index contributed by atoms with van der Waals surface area (Å²) in [4.78, 5) is 14.1. The topological polar surface area (TPSA) is 52.6 Å². The van der Waals surface area contributed by atoms with Crippen molar-refractivity contribution in [1.82, 2.24) is 10.2 Å². The van der Waals surface area contributed by atoms with Crippen LogP contribution in [-0.2, 0) is 4.79 Å². The van der Waals surface area contributed by atoms with Crippen molar-refractivity contribution in [2.24, 2.45) is 0 Å². The quantitative estimate of drug-likeness (QED) is 0.579. The van der Waals surface area contributed by atoms with Crippen LogP contribution in [0.25, 0.3) is 0 Å². The Morgan fingerprint density at radius 2 is 1.95 bits per heavy atom. The van der Waals surface area contributed by atoms with Crippen LogP contribution in [-0.4, -0.2) is 47.2 Å². The lowest BCUT2D eigenvalue weighted by Crippen LogP contribution is -2.52. The molecule has 2 unspecified atom stereocenters. The smallest absolute Gasteiger partial charge is 0.323 e. The highest BCUT2D eigenvalue weighted by molar-refractivity contribution is 5.78. The van der Waals surface area contributed by atoms with E-state index in [1.165, 1.54) is 0 Å². The van der Waals surface area contributed by atoms with Crippen LogP contribution in [0.4, 0.5) is 0 Å². The molecule has 0 aliphatic heterocycles. The Morgan fingerprint density at radius 3 is 2.35 bits per heavy atom. The average Bonchev–Trinajstić information content (AvgIpc) is 2.46. The average molecular weight is 286 g/mol. The number of hydrogen-bond donors (Lipinski definition) is 2. The van der Waals surface area contributed by atoms with E-state index in [-0.39, 0.29) is 0 Å². The summed E-state index contributed by atoms with van der Waals surface area (Å²) in [6.45, 7) is 13.4. The SMILES string of the molecule is CCCNC(CC)(CCCN(CC)C(C)CC)C(=O)O. The van der Waals surface area contributed by atoms with Gasteiger partial charge in [0.2, 0.25) is 0 Å². The summed E-state index contributed by atoms with van der Waals surface area (Å²) in [5.41, 5.74) is -0.745. The normalized spacial score (nSPS) is 16.1. The predicted molar refractivity (Wildman–Crippen MR) is 85.2 cm³/mol. The molecule has 20 heavy (non-hydrogen) atoms. The van der Waals surface area contributed by atoms with Crippen LogP contribution in [0.3, 0.4) is 0 Å². The first-order chi connectivity index (χ1) is 9.47. The summed E-state index contributed by atoms with van der Waals surface area (Å²) in [5, 5.41) is 12.8. The van der Waals surface area contributed by atoms with E-state index in [9.17, 15) is 9.90 Å². The highest BCUT2D eigenvalue weighted by Gasteiger charge is 2.35. The molecular formula is C16H34N2O2. The van der Waals surface area contributed by atoms with Crippen molar-refractivity contribution in [3.63, 3.8) is 0 Å². The van der Waals surface area contributed by atoms with Gasteiger partial charge in [0, 0.05) is 6.04 Å². The zero-order valence-electron chi connectivity index (χ0n) is 14.0. The Kier molecular flexibility index (Phi) is 9.86. The first-order valence-corrected chi connectivity index (χ1v) is 8.19. The molecule has 0 fully saturated rings. The van der Waals surface area contributed by atoms with Gasteiger partial charge in [-0.2, -0.15) is 0 Å². The fourth-order valence-electron chi connectivity index (χ4n) is 2.62. The number of carbonyl (C=O) groups is 1. The largest absolute Gasteiger partial charge is 0.480 e. The van der Waals surface area contributed by atoms with Crippen LogP contribution in [0.1, 0.15) is 66.7 Å². The van der Waals surface area contributed by atoms with E-state index < -0.39 is 11.5 Å². The van der Waals surface area contributed by atoms with E-state index in [0.717, 1.165) is 38.9 Å². The Hall–Kier alpha value is -0.610. The van der Waals surface area contributed by atoms with E-state index in [0.29, 0.717) is 18.9 Å². The van der Waals surface area contributed by atoms with Gasteiger partial charge < -0.3 is 15.3 Å². The monoisotopic (exact) mass is 286 g/mol. The molecule has 0 heterocycles. The number of hydrogen-bond acceptors (Lipinski definition) is 3. The van der Waals surface area contributed by atoms with Gasteiger partial charge in [-0.25, -0.2) is 0 Å². The fraction of sp³-hybridized carbons (Fsp3) is 0.938. The standard InChI is InChI=1S/C16H34N2O2/c1-6-12-17-16(8-3,15(19)20)11-10-13-18(9-4)14(5)7-2/h14,17H,6-13H2,1-5H3,(H,19,20). The number of nitrogens with zero attached hydrogens (tertiary/aromatic N) is 1. The molecule has 120 valence electrons. The van der Waals surface area contributed by atoms with Gasteiger partial charge in [0.05, 0.1) is 0 Å². The van der Waals surface area contributed by atoms with Gasteiger partial charge in [-0.3, -0.25) is 4.79 Å². The molecule has 0 spiro atoms. The number of rotatable bonds is 12. The maximum absolute atomic E-state index is 11.6. The molecule has 0 saturated carbocycles. The van der Waals surface area contributed by atoms with Gasteiger partial charge in [-0.05, 0) is 58.7 Å². The van der Waals surface area contributed by atoms with Gasteiger partial charge in [-0.15, -0.1) is 0 Å². The predicted octanol–water partition coefficient (Wildman–Crippen LogP) is 3.12. The minimum atomic E-state index is -0.745. The maximum atomic E-state index is 11.6. The van der Waals surface area contributed by atoms with Crippen LogP contribution in [0.2, 0.25) is 0 Å². The van der Waals surface area contributed by atoms with Crippen molar-refractivity contribution < 1.29 is 9.90 Å². The van der Waals surface area contributed by atoms with E-state index in [1.807, 2.05) is 6.92 Å². The summed E-state index contributed by atoms with van der Waals surface area (Å²) in [6, 6.07) is 0.574. The van der Waals surface area contributed by atoms with Crippen molar-refractivity contribution in [1.29, 1.82) is 0 Å². The minimum absolute atomic E-state index is 0.574. The first kappa shape index (κ1) is 19.4. The Bertz CT molecular complexity index is 271. The van der Waals surface area contributed by atoms with E-state index in [1.54, 1.807) is 0 Å². The van der Waals surface area contributed by atoms with Crippen LogP contribution < -0.4 is 5.32 Å². The highest BCUT2D eigenvalue weighted by Crippen LogP contribution is 2.19. The van der Waals surface area contributed by atoms with Crippen LogP contribution in [0, 0.1) is 0 Å². The molecule has 4 heteroatoms. The summed E-state index contributed by atoms with van der Waals surface area (Å²) in [5.74, 6) is -0.708. The van der Waals surface area contributed by atoms with Crippen LogP contribution in [0.5, 0.6) is 0 Å². The lowest BCUT2D eigenvalue weighted by Gasteiger charge is -2.32. The Balaban J connectivity index is 4.49. The Labute approximate surface area is 124 Å². The summed E-state index contributed by atoms with van der Waals surface area (Å²) in [6.07, 6.45) is 4.36. The van der Waals surface area contributed by atoms with Gasteiger partial charge >= 0.3 is 5.97 Å². The second-order valence-electron chi connectivity index (χ2n) is 5.66. The van der Waals surface area contributed by atoms with Gasteiger partial charge in [0.1, 0.15) is 5.54 Å². The third-order valence-corrected chi connectivity index (χ3v) is 4.40. The minimum Gasteiger partial charge on any atom is -0.480 e. The molecular weight excluding hydrogens is 252 g/mol. The molecule has 0 saturated heterocycles. The van der Waals surface area contributed by atoms with Crippen molar-refractivity contribution in [3.8, 4) is 0 Å². The maximum Gasteiger partial charge on any atom is 0.323 e. The molecule has 0 amide bonds. The number of carboxylic acid groups (broad SMARTS) is 1. The Morgan fingerprint density at radius 1 is 1.30 bits per heavy atom. The van der Waals surface area contributed by atoms with Gasteiger partial charge in [-0.1, -0.05) is 27.7 Å². The van der Waals surface area contributed by atoms with E-state index >= 15 is 0 Å². The molecule has 0 rings (SSSR count). The van der Waals surface area contributed by atoms with Crippen LogP contribution >= 0.6 is 0 Å². The summed E-state index contributed by atoms with van der Waals surface area (Å²) < 4.78 is 0. The molecule has 2 N–H and O–H groups in total. The fourth-order valence-corrected chi connectivity index (χ4v) is 2.62.